The second-order valence-corrected chi connectivity index (χ2v) is 6.47. The van der Waals surface area contributed by atoms with Gasteiger partial charge in [-0.2, -0.15) is 33.2 Å². The highest BCUT2D eigenvalue weighted by molar-refractivity contribution is 6.28. The molecule has 0 bridgehead atoms. The molecule has 1 aromatic heterocycles. The van der Waals surface area contributed by atoms with Crippen LogP contribution in [0.15, 0.2) is 52.7 Å². The minimum atomic E-state index is -4.91. The quantitative estimate of drug-likeness (QED) is 0.308. The maximum Gasteiger partial charge on any atom is 0.573 e. The minimum absolute atomic E-state index is 0.0642. The van der Waals surface area contributed by atoms with Crippen molar-refractivity contribution in [2.75, 3.05) is 5.32 Å². The van der Waals surface area contributed by atoms with Crippen LogP contribution >= 0.6 is 11.6 Å². The molecule has 1 heterocycles. The lowest BCUT2D eigenvalue weighted by Crippen LogP contribution is -2.16. The van der Waals surface area contributed by atoms with Crippen LogP contribution in [0.5, 0.6) is 5.75 Å². The minimum Gasteiger partial charge on any atom is -0.406 e. The van der Waals surface area contributed by atoms with E-state index in [1.165, 1.54) is 12.1 Å². The molecule has 2 aromatic carbocycles. The van der Waals surface area contributed by atoms with E-state index < -0.39 is 29.7 Å². The number of aromatic nitrogens is 3. The maximum atomic E-state index is 13.4. The molecule has 0 saturated carbocycles. The van der Waals surface area contributed by atoms with Gasteiger partial charge in [-0.25, -0.2) is 4.39 Å². The lowest BCUT2D eigenvalue weighted by Gasteiger charge is -2.11. The van der Waals surface area contributed by atoms with Crippen LogP contribution in [0.1, 0.15) is 11.1 Å². The first kappa shape index (κ1) is 24.1. The van der Waals surface area contributed by atoms with Crippen LogP contribution in [0.25, 0.3) is 0 Å². The highest BCUT2D eigenvalue weighted by atomic mass is 35.5. The molecular formula is C18H10ClF7N6O. The molecule has 1 N–H and O–H groups in total. The molecule has 174 valence electrons. The molecule has 3 rings (SSSR count). The number of azo groups is 1. The van der Waals surface area contributed by atoms with Gasteiger partial charge in [0.1, 0.15) is 11.6 Å². The lowest BCUT2D eigenvalue weighted by atomic mass is 10.2. The maximum absolute atomic E-state index is 13.4. The van der Waals surface area contributed by atoms with Gasteiger partial charge in [0, 0.05) is 5.69 Å². The number of nitrogens with zero attached hydrogens (tertiary/aromatic N) is 5. The Morgan fingerprint density at radius 2 is 1.64 bits per heavy atom. The van der Waals surface area contributed by atoms with Gasteiger partial charge in [0.25, 0.3) is 5.95 Å². The molecule has 0 radical (unpaired) electrons. The third-order valence-electron chi connectivity index (χ3n) is 3.69. The fourth-order valence-electron chi connectivity index (χ4n) is 2.37. The molecule has 0 amide bonds. The Hall–Kier alpha value is -3.55. The number of hydrogen-bond donors (Lipinski definition) is 1. The molecule has 3 aromatic rings. The van der Waals surface area contributed by atoms with Crippen LogP contribution < -0.4 is 10.1 Å². The normalized spacial score (nSPS) is 12.2. The molecule has 33 heavy (non-hydrogen) atoms. The average molecular weight is 495 g/mol. The summed E-state index contributed by atoms with van der Waals surface area (Å²) in [4.78, 5) is 11.2. The van der Waals surface area contributed by atoms with E-state index >= 15 is 0 Å². The molecule has 0 unspecified atom stereocenters. The molecule has 0 aliphatic heterocycles. The van der Waals surface area contributed by atoms with Crippen molar-refractivity contribution in [3.8, 4) is 5.75 Å². The largest absolute Gasteiger partial charge is 0.573 e. The van der Waals surface area contributed by atoms with Gasteiger partial charge in [-0.3, -0.25) is 0 Å². The van der Waals surface area contributed by atoms with Gasteiger partial charge in [0.15, 0.2) is 0 Å². The summed E-state index contributed by atoms with van der Waals surface area (Å²) in [6, 6.07) is 7.05. The zero-order chi connectivity index (χ0) is 24.2. The number of rotatable bonds is 6. The Morgan fingerprint density at radius 1 is 0.939 bits per heavy atom. The molecule has 0 fully saturated rings. The number of anilines is 2. The number of alkyl halides is 6. The Bertz CT molecular complexity index is 1150. The SMILES string of the molecule is Fc1ccc(Nc2nc(Cl)nc(N=NCc3ccc(OC(F)(F)F)cc3)n2)cc1C(F)(F)F. The first-order valence-corrected chi connectivity index (χ1v) is 9.04. The number of hydrogen-bond acceptors (Lipinski definition) is 7. The van der Waals surface area contributed by atoms with Gasteiger partial charge >= 0.3 is 12.5 Å². The van der Waals surface area contributed by atoms with Crippen molar-refractivity contribution in [3.05, 3.63) is 64.7 Å². The van der Waals surface area contributed by atoms with Crippen molar-refractivity contribution < 1.29 is 35.5 Å². The van der Waals surface area contributed by atoms with Crippen molar-refractivity contribution in [2.24, 2.45) is 10.2 Å². The molecular weight excluding hydrogens is 485 g/mol. The van der Waals surface area contributed by atoms with Crippen LogP contribution in [0.4, 0.5) is 48.3 Å². The molecule has 0 saturated heterocycles. The standard InChI is InChI=1S/C18H10ClF7N6O/c19-14-29-15(28-10-3-6-13(20)12(7-10)17(21,22)23)31-16(30-14)32-27-8-9-1-4-11(5-2-9)33-18(24,25)26/h1-7H,8H2,(H,28,29,30,31). The van der Waals surface area contributed by atoms with Gasteiger partial charge in [-0.05, 0) is 47.5 Å². The summed E-state index contributed by atoms with van der Waals surface area (Å²) in [6.45, 7) is -0.0642. The van der Waals surface area contributed by atoms with E-state index in [2.05, 4.69) is 35.2 Å². The van der Waals surface area contributed by atoms with Gasteiger partial charge in [0.2, 0.25) is 11.2 Å². The van der Waals surface area contributed by atoms with Gasteiger partial charge in [-0.1, -0.05) is 12.1 Å². The van der Waals surface area contributed by atoms with E-state index in [9.17, 15) is 30.7 Å². The molecule has 0 aliphatic carbocycles. The van der Waals surface area contributed by atoms with E-state index in [-0.39, 0.29) is 29.4 Å². The predicted octanol–water partition coefficient (Wildman–Crippen LogP) is 6.61. The van der Waals surface area contributed by atoms with Crippen molar-refractivity contribution >= 4 is 29.2 Å². The summed E-state index contributed by atoms with van der Waals surface area (Å²) in [5.74, 6) is -2.43. The zero-order valence-corrected chi connectivity index (χ0v) is 16.7. The summed E-state index contributed by atoms with van der Waals surface area (Å²) in [5.41, 5.74) is -1.17. The topological polar surface area (TPSA) is 84.7 Å². The third kappa shape index (κ3) is 7.24. The van der Waals surface area contributed by atoms with Crippen molar-refractivity contribution in [1.29, 1.82) is 0 Å². The zero-order valence-electron chi connectivity index (χ0n) is 15.9. The third-order valence-corrected chi connectivity index (χ3v) is 3.86. The first-order chi connectivity index (χ1) is 15.4. The van der Waals surface area contributed by atoms with E-state index in [4.69, 9.17) is 11.6 Å². The Balaban J connectivity index is 1.70. The van der Waals surface area contributed by atoms with Crippen LogP contribution in [0.2, 0.25) is 5.28 Å². The average Bonchev–Trinajstić information content (AvgIpc) is 2.68. The molecule has 0 spiro atoms. The molecule has 0 aliphatic rings. The van der Waals surface area contributed by atoms with Crippen molar-refractivity contribution in [1.82, 2.24) is 15.0 Å². The summed E-state index contributed by atoms with van der Waals surface area (Å²) in [7, 11) is 0. The first-order valence-electron chi connectivity index (χ1n) is 8.66. The van der Waals surface area contributed by atoms with E-state index in [0.717, 1.165) is 18.2 Å². The predicted molar refractivity (Wildman–Crippen MR) is 101 cm³/mol. The molecule has 0 atom stereocenters. The fourth-order valence-corrected chi connectivity index (χ4v) is 2.52. The van der Waals surface area contributed by atoms with Gasteiger partial charge < -0.3 is 10.1 Å². The summed E-state index contributed by atoms with van der Waals surface area (Å²) in [6.07, 6.45) is -9.72. The van der Waals surface area contributed by atoms with Crippen LogP contribution in [0.3, 0.4) is 0 Å². The Kier molecular flexibility index (Phi) is 6.95. The number of ether oxygens (including phenoxy) is 1. The smallest absolute Gasteiger partial charge is 0.406 e. The molecule has 7 nitrogen and oxygen atoms in total. The Morgan fingerprint density at radius 3 is 2.27 bits per heavy atom. The highest BCUT2D eigenvalue weighted by Crippen LogP contribution is 2.33. The van der Waals surface area contributed by atoms with Crippen molar-refractivity contribution in [3.63, 3.8) is 0 Å². The highest BCUT2D eigenvalue weighted by Gasteiger charge is 2.34. The molecule has 15 heteroatoms. The van der Waals surface area contributed by atoms with Crippen LogP contribution in [-0.2, 0) is 12.7 Å². The number of nitrogens with one attached hydrogen (secondary N) is 1. The van der Waals surface area contributed by atoms with Crippen LogP contribution in [0, 0.1) is 5.82 Å². The lowest BCUT2D eigenvalue weighted by molar-refractivity contribution is -0.274. The van der Waals surface area contributed by atoms with E-state index in [1.54, 1.807) is 0 Å². The Labute approximate surface area is 185 Å². The monoisotopic (exact) mass is 494 g/mol. The van der Waals surface area contributed by atoms with Crippen LogP contribution in [-0.4, -0.2) is 21.3 Å². The summed E-state index contributed by atoms with van der Waals surface area (Å²) < 4.78 is 92.2. The number of benzene rings is 2. The summed E-state index contributed by atoms with van der Waals surface area (Å²) in [5, 5.41) is 9.58. The summed E-state index contributed by atoms with van der Waals surface area (Å²) >= 11 is 5.76. The number of halogens is 8. The van der Waals surface area contributed by atoms with Gasteiger partial charge in [-0.15, -0.1) is 18.3 Å². The van der Waals surface area contributed by atoms with E-state index in [0.29, 0.717) is 17.7 Å². The van der Waals surface area contributed by atoms with Gasteiger partial charge in [0.05, 0.1) is 12.1 Å². The second kappa shape index (κ2) is 9.52. The van der Waals surface area contributed by atoms with Crippen molar-refractivity contribution in [2.45, 2.75) is 19.1 Å². The fraction of sp³-hybridized carbons (Fsp3) is 0.167. The second-order valence-electron chi connectivity index (χ2n) is 6.14. The van der Waals surface area contributed by atoms with E-state index in [1.807, 2.05) is 0 Å².